The predicted molar refractivity (Wildman–Crippen MR) is 183 cm³/mol. The van der Waals surface area contributed by atoms with E-state index in [9.17, 15) is 0 Å². The standard InChI is InChI=1S/C42H31N/c1-5-14-32(15-6-1)34-24-28-38(29-25-34)43(39-30-26-35(27-31-39)33-16-7-2-8-17-33)42-40(36-18-9-3-10-19-36)22-13-23-41(42)37-20-11-4-12-21-37/h1-31H. The van der Waals surface area contributed by atoms with Crippen molar-refractivity contribution in [3.63, 3.8) is 0 Å². The van der Waals surface area contributed by atoms with E-state index in [1.807, 2.05) is 0 Å². The minimum absolute atomic E-state index is 1.10. The maximum atomic E-state index is 2.41. The average molecular weight is 550 g/mol. The molecule has 0 spiro atoms. The van der Waals surface area contributed by atoms with Crippen molar-refractivity contribution in [1.29, 1.82) is 0 Å². The van der Waals surface area contributed by atoms with Crippen LogP contribution in [0.5, 0.6) is 0 Å². The zero-order valence-corrected chi connectivity index (χ0v) is 23.8. The van der Waals surface area contributed by atoms with Gasteiger partial charge in [-0.1, -0.05) is 164 Å². The molecule has 0 aliphatic rings. The third kappa shape index (κ3) is 5.49. The minimum atomic E-state index is 1.10. The molecule has 0 N–H and O–H groups in total. The maximum Gasteiger partial charge on any atom is 0.0618 e. The second-order valence-electron chi connectivity index (χ2n) is 10.6. The lowest BCUT2D eigenvalue weighted by atomic mass is 9.94. The van der Waals surface area contributed by atoms with Gasteiger partial charge in [0.15, 0.2) is 0 Å². The van der Waals surface area contributed by atoms with Crippen LogP contribution in [-0.2, 0) is 0 Å². The summed E-state index contributed by atoms with van der Waals surface area (Å²) in [4.78, 5) is 2.41. The Bertz CT molecular complexity index is 1770. The first kappa shape index (κ1) is 26.3. The fraction of sp³-hybridized carbons (Fsp3) is 0. The van der Waals surface area contributed by atoms with Gasteiger partial charge in [0.1, 0.15) is 0 Å². The molecule has 43 heavy (non-hydrogen) atoms. The van der Waals surface area contributed by atoms with E-state index in [0.29, 0.717) is 0 Å². The molecule has 0 saturated heterocycles. The highest BCUT2D eigenvalue weighted by Crippen LogP contribution is 2.47. The Morgan fingerprint density at radius 1 is 0.233 bits per heavy atom. The summed E-state index contributed by atoms with van der Waals surface area (Å²) >= 11 is 0. The van der Waals surface area contributed by atoms with Crippen LogP contribution in [0.25, 0.3) is 44.5 Å². The van der Waals surface area contributed by atoms with Crippen molar-refractivity contribution in [2.45, 2.75) is 0 Å². The fourth-order valence-electron chi connectivity index (χ4n) is 5.76. The number of hydrogen-bond acceptors (Lipinski definition) is 1. The topological polar surface area (TPSA) is 3.24 Å². The molecule has 0 aromatic heterocycles. The highest BCUT2D eigenvalue weighted by molar-refractivity contribution is 5.97. The first-order valence-electron chi connectivity index (χ1n) is 14.7. The van der Waals surface area contributed by atoms with E-state index < -0.39 is 0 Å². The number of para-hydroxylation sites is 1. The summed E-state index contributed by atoms with van der Waals surface area (Å²) in [5.74, 6) is 0. The van der Waals surface area contributed by atoms with Gasteiger partial charge >= 0.3 is 0 Å². The second kappa shape index (κ2) is 12.1. The molecular weight excluding hydrogens is 518 g/mol. The third-order valence-electron chi connectivity index (χ3n) is 7.89. The van der Waals surface area contributed by atoms with Gasteiger partial charge in [-0.2, -0.15) is 0 Å². The smallest absolute Gasteiger partial charge is 0.0618 e. The Balaban J connectivity index is 1.45. The van der Waals surface area contributed by atoms with E-state index >= 15 is 0 Å². The monoisotopic (exact) mass is 549 g/mol. The molecule has 0 radical (unpaired) electrons. The van der Waals surface area contributed by atoms with Crippen molar-refractivity contribution in [1.82, 2.24) is 0 Å². The van der Waals surface area contributed by atoms with Crippen molar-refractivity contribution in [3.8, 4) is 44.5 Å². The molecule has 7 aromatic carbocycles. The number of benzene rings is 7. The van der Waals surface area contributed by atoms with Gasteiger partial charge in [-0.05, 0) is 57.6 Å². The Hall–Kier alpha value is -5.66. The van der Waals surface area contributed by atoms with Crippen LogP contribution < -0.4 is 4.90 Å². The molecule has 204 valence electrons. The van der Waals surface area contributed by atoms with E-state index in [1.54, 1.807) is 0 Å². The molecule has 0 amide bonds. The Morgan fingerprint density at radius 2 is 0.535 bits per heavy atom. The molecule has 0 aliphatic carbocycles. The largest absolute Gasteiger partial charge is 0.309 e. The molecule has 1 heteroatoms. The average Bonchev–Trinajstić information content (AvgIpc) is 3.10. The SMILES string of the molecule is c1ccc(-c2ccc(N(c3ccc(-c4ccccc4)cc3)c3c(-c4ccccc4)cccc3-c3ccccc3)cc2)cc1. The van der Waals surface area contributed by atoms with Crippen LogP contribution in [0.1, 0.15) is 0 Å². The van der Waals surface area contributed by atoms with Crippen LogP contribution in [0.2, 0.25) is 0 Å². The van der Waals surface area contributed by atoms with Crippen LogP contribution in [0.4, 0.5) is 17.1 Å². The van der Waals surface area contributed by atoms with E-state index in [-0.39, 0.29) is 0 Å². The predicted octanol–water partition coefficient (Wildman–Crippen LogP) is 11.8. The summed E-state index contributed by atoms with van der Waals surface area (Å²) in [7, 11) is 0. The van der Waals surface area contributed by atoms with Crippen LogP contribution >= 0.6 is 0 Å². The molecule has 7 aromatic rings. The van der Waals surface area contributed by atoms with Gasteiger partial charge in [0.2, 0.25) is 0 Å². The third-order valence-corrected chi connectivity index (χ3v) is 7.89. The van der Waals surface area contributed by atoms with Gasteiger partial charge in [-0.25, -0.2) is 0 Å². The van der Waals surface area contributed by atoms with E-state index in [2.05, 4.69) is 193 Å². The molecule has 0 saturated carbocycles. The normalized spacial score (nSPS) is 10.8. The van der Waals surface area contributed by atoms with Gasteiger partial charge in [0, 0.05) is 22.5 Å². The van der Waals surface area contributed by atoms with E-state index in [4.69, 9.17) is 0 Å². The zero-order chi connectivity index (χ0) is 28.8. The number of hydrogen-bond donors (Lipinski definition) is 0. The van der Waals surface area contributed by atoms with Crippen molar-refractivity contribution in [3.05, 3.63) is 188 Å². The number of rotatable bonds is 7. The lowest BCUT2D eigenvalue weighted by molar-refractivity contribution is 1.28. The first-order chi connectivity index (χ1) is 21.3. The van der Waals surface area contributed by atoms with Crippen LogP contribution in [0, 0.1) is 0 Å². The summed E-state index contributed by atoms with van der Waals surface area (Å²) in [6, 6.07) is 67.0. The second-order valence-corrected chi connectivity index (χ2v) is 10.6. The molecule has 0 heterocycles. The molecule has 1 nitrogen and oxygen atoms in total. The Labute approximate surface area is 254 Å². The number of anilines is 3. The van der Waals surface area contributed by atoms with Crippen LogP contribution in [0.15, 0.2) is 188 Å². The van der Waals surface area contributed by atoms with Crippen molar-refractivity contribution >= 4 is 17.1 Å². The molecule has 7 rings (SSSR count). The van der Waals surface area contributed by atoms with Gasteiger partial charge in [-0.15, -0.1) is 0 Å². The molecular formula is C42H31N. The van der Waals surface area contributed by atoms with Gasteiger partial charge in [0.05, 0.1) is 5.69 Å². The molecule has 0 unspecified atom stereocenters. The highest BCUT2D eigenvalue weighted by atomic mass is 15.1. The summed E-state index contributed by atoms with van der Waals surface area (Å²) in [5.41, 5.74) is 12.9. The minimum Gasteiger partial charge on any atom is -0.309 e. The van der Waals surface area contributed by atoms with Gasteiger partial charge in [0.25, 0.3) is 0 Å². The van der Waals surface area contributed by atoms with E-state index in [1.165, 1.54) is 44.5 Å². The lowest BCUT2D eigenvalue weighted by Crippen LogP contribution is -2.12. The molecule has 0 atom stereocenters. The molecule has 0 aliphatic heterocycles. The van der Waals surface area contributed by atoms with Crippen LogP contribution in [-0.4, -0.2) is 0 Å². The Morgan fingerprint density at radius 3 is 0.884 bits per heavy atom. The van der Waals surface area contributed by atoms with Crippen molar-refractivity contribution in [2.24, 2.45) is 0 Å². The van der Waals surface area contributed by atoms with Crippen molar-refractivity contribution in [2.75, 3.05) is 4.90 Å². The van der Waals surface area contributed by atoms with Crippen molar-refractivity contribution < 1.29 is 0 Å². The van der Waals surface area contributed by atoms with Gasteiger partial charge < -0.3 is 4.90 Å². The quantitative estimate of drug-likeness (QED) is 0.191. The fourth-order valence-corrected chi connectivity index (χ4v) is 5.76. The van der Waals surface area contributed by atoms with Gasteiger partial charge in [-0.3, -0.25) is 0 Å². The van der Waals surface area contributed by atoms with E-state index in [0.717, 1.165) is 17.1 Å². The molecule has 0 fully saturated rings. The molecule has 0 bridgehead atoms. The van der Waals surface area contributed by atoms with Crippen LogP contribution in [0.3, 0.4) is 0 Å². The summed E-state index contributed by atoms with van der Waals surface area (Å²) < 4.78 is 0. The highest BCUT2D eigenvalue weighted by Gasteiger charge is 2.22. The Kier molecular flexibility index (Phi) is 7.36. The maximum absolute atomic E-state index is 2.41. The number of nitrogens with zero attached hydrogens (tertiary/aromatic N) is 1. The zero-order valence-electron chi connectivity index (χ0n) is 23.8. The summed E-state index contributed by atoms with van der Waals surface area (Å²) in [5, 5.41) is 0. The first-order valence-corrected chi connectivity index (χ1v) is 14.7. The lowest BCUT2D eigenvalue weighted by Gasteiger charge is -2.30. The summed E-state index contributed by atoms with van der Waals surface area (Å²) in [6.45, 7) is 0. The summed E-state index contributed by atoms with van der Waals surface area (Å²) in [6.07, 6.45) is 0.